The predicted molar refractivity (Wildman–Crippen MR) is 137 cm³/mol. The lowest BCUT2D eigenvalue weighted by atomic mass is 9.96. The van der Waals surface area contributed by atoms with Crippen molar-refractivity contribution in [2.75, 3.05) is 11.4 Å². The van der Waals surface area contributed by atoms with Crippen LogP contribution in [-0.4, -0.2) is 34.2 Å². The van der Waals surface area contributed by atoms with E-state index in [1.165, 1.54) is 44.2 Å². The van der Waals surface area contributed by atoms with E-state index in [2.05, 4.69) is 0 Å². The predicted octanol–water partition coefficient (Wildman–Crippen LogP) is 5.41. The minimum absolute atomic E-state index is 0.00927. The summed E-state index contributed by atoms with van der Waals surface area (Å²) in [5, 5.41) is 1.91. The third kappa shape index (κ3) is 5.22. The van der Waals surface area contributed by atoms with Gasteiger partial charge in [0.1, 0.15) is 0 Å². The molecule has 1 aliphatic rings. The van der Waals surface area contributed by atoms with Gasteiger partial charge in [-0.05, 0) is 67.6 Å². The first-order chi connectivity index (χ1) is 16.2. The maximum Gasteiger partial charge on any atom is 0.264 e. The van der Waals surface area contributed by atoms with E-state index < -0.39 is 20.0 Å². The Labute approximate surface area is 207 Å². The number of thiophene rings is 1. The molecule has 0 radical (unpaired) electrons. The first-order valence-electron chi connectivity index (χ1n) is 11.4. The van der Waals surface area contributed by atoms with Crippen molar-refractivity contribution in [3.05, 3.63) is 76.5 Å². The Balaban J connectivity index is 1.64. The van der Waals surface area contributed by atoms with Crippen LogP contribution in [0.3, 0.4) is 0 Å². The van der Waals surface area contributed by atoms with Crippen LogP contribution >= 0.6 is 11.3 Å². The van der Waals surface area contributed by atoms with Gasteiger partial charge in [-0.25, -0.2) is 16.8 Å². The standard InChI is InChI=1S/C25H30N2O4S3/c1-20-10-12-22(13-11-20)27(19-23-9-6-18-32-23)34(30,31)25-16-14-24(15-17-25)33(28,29)26(2)21-7-4-3-5-8-21/h6,9-18,21H,3-5,7-8,19H2,1-2H3. The summed E-state index contributed by atoms with van der Waals surface area (Å²) in [5.74, 6) is 0. The summed E-state index contributed by atoms with van der Waals surface area (Å²) < 4.78 is 56.5. The van der Waals surface area contributed by atoms with Gasteiger partial charge in [0, 0.05) is 18.0 Å². The van der Waals surface area contributed by atoms with Gasteiger partial charge in [-0.1, -0.05) is 43.0 Å². The monoisotopic (exact) mass is 518 g/mol. The Morgan fingerprint density at radius 3 is 1.97 bits per heavy atom. The largest absolute Gasteiger partial charge is 0.264 e. The lowest BCUT2D eigenvalue weighted by Gasteiger charge is -2.30. The van der Waals surface area contributed by atoms with Crippen LogP contribution in [0.25, 0.3) is 0 Å². The second-order valence-electron chi connectivity index (χ2n) is 8.71. The topological polar surface area (TPSA) is 74.8 Å². The van der Waals surface area contributed by atoms with Crippen molar-refractivity contribution in [1.82, 2.24) is 4.31 Å². The third-order valence-electron chi connectivity index (χ3n) is 6.38. The van der Waals surface area contributed by atoms with Crippen LogP contribution in [-0.2, 0) is 26.6 Å². The maximum absolute atomic E-state index is 13.7. The van der Waals surface area contributed by atoms with Crippen molar-refractivity contribution < 1.29 is 16.8 Å². The van der Waals surface area contributed by atoms with Crippen LogP contribution in [0.1, 0.15) is 42.5 Å². The Morgan fingerprint density at radius 1 is 0.824 bits per heavy atom. The van der Waals surface area contributed by atoms with Crippen LogP contribution in [0.4, 0.5) is 5.69 Å². The number of nitrogens with zero attached hydrogens (tertiary/aromatic N) is 2. The SMILES string of the molecule is Cc1ccc(N(Cc2cccs2)S(=O)(=O)c2ccc(S(=O)(=O)N(C)C3CCCCC3)cc2)cc1. The first-order valence-corrected chi connectivity index (χ1v) is 15.2. The number of aryl methyl sites for hydroxylation is 1. The highest BCUT2D eigenvalue weighted by atomic mass is 32.2. The molecular weight excluding hydrogens is 488 g/mol. The summed E-state index contributed by atoms with van der Waals surface area (Å²) >= 11 is 1.49. The first kappa shape index (κ1) is 24.9. The average Bonchev–Trinajstić information content (AvgIpc) is 3.37. The van der Waals surface area contributed by atoms with Gasteiger partial charge in [-0.15, -0.1) is 11.3 Å². The molecule has 0 amide bonds. The average molecular weight is 519 g/mol. The van der Waals surface area contributed by atoms with Gasteiger partial charge in [0.15, 0.2) is 0 Å². The van der Waals surface area contributed by atoms with Crippen molar-refractivity contribution in [3.63, 3.8) is 0 Å². The van der Waals surface area contributed by atoms with Gasteiger partial charge < -0.3 is 0 Å². The Kier molecular flexibility index (Phi) is 7.47. The molecule has 2 aromatic carbocycles. The smallest absolute Gasteiger partial charge is 0.261 e. The Bertz CT molecular complexity index is 1300. The van der Waals surface area contributed by atoms with Crippen molar-refractivity contribution in [2.24, 2.45) is 0 Å². The van der Waals surface area contributed by atoms with Crippen LogP contribution in [0, 0.1) is 6.92 Å². The minimum atomic E-state index is -3.91. The van der Waals surface area contributed by atoms with Gasteiger partial charge in [0.25, 0.3) is 10.0 Å². The fraction of sp³-hybridized carbons (Fsp3) is 0.360. The third-order valence-corrected chi connectivity index (χ3v) is 11.0. The molecule has 6 nitrogen and oxygen atoms in total. The fourth-order valence-corrected chi connectivity index (χ4v) is 7.92. The zero-order valence-corrected chi connectivity index (χ0v) is 21.9. The summed E-state index contributed by atoms with van der Waals surface area (Å²) in [6.45, 7) is 2.15. The van der Waals surface area contributed by atoms with Gasteiger partial charge in [0.2, 0.25) is 10.0 Å². The summed E-state index contributed by atoms with van der Waals surface area (Å²) in [5.41, 5.74) is 1.60. The number of sulfonamides is 2. The molecule has 0 bridgehead atoms. The lowest BCUT2D eigenvalue weighted by molar-refractivity contribution is 0.286. The summed E-state index contributed by atoms with van der Waals surface area (Å²) in [6.07, 6.45) is 4.91. The van der Waals surface area contributed by atoms with Crippen molar-refractivity contribution in [2.45, 2.75) is 61.4 Å². The molecule has 1 saturated carbocycles. The van der Waals surface area contributed by atoms with Crippen molar-refractivity contribution >= 4 is 37.1 Å². The number of rotatable bonds is 8. The summed E-state index contributed by atoms with van der Waals surface area (Å²) in [4.78, 5) is 1.08. The highest BCUT2D eigenvalue weighted by molar-refractivity contribution is 7.92. The molecule has 0 atom stereocenters. The van der Waals surface area contributed by atoms with E-state index in [9.17, 15) is 16.8 Å². The number of anilines is 1. The summed E-state index contributed by atoms with van der Waals surface area (Å²) in [7, 11) is -5.99. The highest BCUT2D eigenvalue weighted by Crippen LogP contribution is 2.30. The molecule has 1 fully saturated rings. The fourth-order valence-electron chi connectivity index (χ4n) is 4.29. The van der Waals surface area contributed by atoms with E-state index in [-0.39, 0.29) is 22.4 Å². The summed E-state index contributed by atoms with van der Waals surface area (Å²) in [6, 6.07) is 16.7. The number of hydrogen-bond acceptors (Lipinski definition) is 5. The zero-order valence-electron chi connectivity index (χ0n) is 19.4. The normalized spacial score (nSPS) is 15.5. The molecule has 34 heavy (non-hydrogen) atoms. The zero-order chi connectivity index (χ0) is 24.3. The Hall–Kier alpha value is -2.20. The second-order valence-corrected chi connectivity index (χ2v) is 13.6. The van der Waals surface area contributed by atoms with Crippen molar-refractivity contribution in [1.29, 1.82) is 0 Å². The molecule has 1 aliphatic carbocycles. The molecule has 0 aliphatic heterocycles. The number of hydrogen-bond donors (Lipinski definition) is 0. The maximum atomic E-state index is 13.7. The highest BCUT2D eigenvalue weighted by Gasteiger charge is 2.30. The number of benzene rings is 2. The van der Waals surface area contributed by atoms with E-state index in [1.807, 2.05) is 36.6 Å². The Morgan fingerprint density at radius 2 is 1.41 bits per heavy atom. The lowest BCUT2D eigenvalue weighted by Crippen LogP contribution is -2.38. The van der Waals surface area contributed by atoms with Crippen molar-refractivity contribution in [3.8, 4) is 0 Å². The molecule has 4 rings (SSSR count). The molecule has 1 aromatic heterocycles. The molecule has 0 N–H and O–H groups in total. The van der Waals surface area contributed by atoms with Gasteiger partial charge in [-0.3, -0.25) is 4.31 Å². The van der Waals surface area contributed by atoms with E-state index >= 15 is 0 Å². The minimum Gasteiger partial charge on any atom is -0.261 e. The van der Waals surface area contributed by atoms with Crippen LogP contribution in [0.5, 0.6) is 0 Å². The van der Waals surface area contributed by atoms with Gasteiger partial charge in [-0.2, -0.15) is 4.31 Å². The molecule has 0 unspecified atom stereocenters. The van der Waals surface area contributed by atoms with Gasteiger partial charge >= 0.3 is 0 Å². The van der Waals surface area contributed by atoms with Crippen LogP contribution in [0.2, 0.25) is 0 Å². The molecule has 1 heterocycles. The quantitative estimate of drug-likeness (QED) is 0.400. The van der Waals surface area contributed by atoms with E-state index in [4.69, 9.17) is 0 Å². The van der Waals surface area contributed by atoms with Crippen LogP contribution in [0.15, 0.2) is 75.8 Å². The molecule has 182 valence electrons. The molecule has 0 spiro atoms. The molecule has 0 saturated heterocycles. The van der Waals surface area contributed by atoms with E-state index in [0.717, 1.165) is 42.5 Å². The van der Waals surface area contributed by atoms with Gasteiger partial charge in [0.05, 0.1) is 22.0 Å². The van der Waals surface area contributed by atoms with Crippen LogP contribution < -0.4 is 4.31 Å². The molecule has 9 heteroatoms. The van der Waals surface area contributed by atoms with E-state index in [0.29, 0.717) is 5.69 Å². The van der Waals surface area contributed by atoms with E-state index in [1.54, 1.807) is 19.2 Å². The molecule has 3 aromatic rings. The second kappa shape index (κ2) is 10.2. The molecular formula is C25H30N2O4S3.